The standard InChI is InChI=1S/C20H23N3O5/c24-18(12-11-15-7-3-1-4-8-15)21-13-17(19(25)23-27)22-20(26)28-14-16-9-5-2-6-10-16/h1-10,17,27H,11-14H2,(H,21,24)(H,22,26)(H,23,25)/t17-/m0/s1. The Morgan fingerprint density at radius 3 is 2.14 bits per heavy atom. The van der Waals surface area contributed by atoms with Gasteiger partial charge in [-0.15, -0.1) is 0 Å². The van der Waals surface area contributed by atoms with E-state index in [9.17, 15) is 14.4 Å². The highest BCUT2D eigenvalue weighted by molar-refractivity contribution is 5.86. The second-order valence-electron chi connectivity index (χ2n) is 6.02. The normalized spacial score (nSPS) is 11.2. The Balaban J connectivity index is 1.77. The molecule has 0 aliphatic heterocycles. The molecule has 2 aromatic carbocycles. The van der Waals surface area contributed by atoms with Crippen molar-refractivity contribution in [1.29, 1.82) is 0 Å². The van der Waals surface area contributed by atoms with E-state index in [-0.39, 0.29) is 25.5 Å². The lowest BCUT2D eigenvalue weighted by Crippen LogP contribution is -2.52. The molecular weight excluding hydrogens is 362 g/mol. The first-order valence-electron chi connectivity index (χ1n) is 8.80. The molecule has 4 N–H and O–H groups in total. The number of carbonyl (C=O) groups excluding carboxylic acids is 3. The van der Waals surface area contributed by atoms with Crippen molar-refractivity contribution in [2.24, 2.45) is 0 Å². The Morgan fingerprint density at radius 1 is 0.929 bits per heavy atom. The van der Waals surface area contributed by atoms with Gasteiger partial charge in [0.1, 0.15) is 12.6 Å². The number of carbonyl (C=O) groups is 3. The van der Waals surface area contributed by atoms with Crippen LogP contribution in [0.4, 0.5) is 4.79 Å². The van der Waals surface area contributed by atoms with Crippen molar-refractivity contribution in [3.8, 4) is 0 Å². The number of hydrogen-bond acceptors (Lipinski definition) is 5. The number of alkyl carbamates (subject to hydrolysis) is 1. The minimum Gasteiger partial charge on any atom is -0.445 e. The van der Waals surface area contributed by atoms with Gasteiger partial charge < -0.3 is 15.4 Å². The Bertz CT molecular complexity index is 768. The van der Waals surface area contributed by atoms with Gasteiger partial charge in [-0.1, -0.05) is 60.7 Å². The summed E-state index contributed by atoms with van der Waals surface area (Å²) >= 11 is 0. The zero-order chi connectivity index (χ0) is 20.2. The van der Waals surface area contributed by atoms with E-state index in [4.69, 9.17) is 9.94 Å². The van der Waals surface area contributed by atoms with E-state index in [0.717, 1.165) is 11.1 Å². The number of rotatable bonds is 9. The minimum atomic E-state index is -1.17. The molecule has 0 aliphatic carbocycles. The molecule has 0 bridgehead atoms. The van der Waals surface area contributed by atoms with Crippen molar-refractivity contribution < 1.29 is 24.3 Å². The molecular formula is C20H23N3O5. The number of nitrogens with one attached hydrogen (secondary N) is 3. The second kappa shape index (κ2) is 11.3. The van der Waals surface area contributed by atoms with Gasteiger partial charge in [0.05, 0.1) is 0 Å². The lowest BCUT2D eigenvalue weighted by atomic mass is 10.1. The van der Waals surface area contributed by atoms with E-state index in [2.05, 4.69) is 10.6 Å². The molecule has 0 spiro atoms. The summed E-state index contributed by atoms with van der Waals surface area (Å²) in [6, 6.07) is 17.4. The third-order valence-corrected chi connectivity index (χ3v) is 3.92. The Hall–Kier alpha value is -3.39. The molecule has 0 saturated heterocycles. The number of hydroxylamine groups is 1. The fraction of sp³-hybridized carbons (Fsp3) is 0.250. The summed E-state index contributed by atoms with van der Waals surface area (Å²) in [6.07, 6.45) is -0.0533. The molecule has 1 atom stereocenters. The fourth-order valence-electron chi connectivity index (χ4n) is 2.40. The van der Waals surface area contributed by atoms with E-state index < -0.39 is 18.0 Å². The maximum atomic E-state index is 12.0. The third kappa shape index (κ3) is 7.46. The summed E-state index contributed by atoms with van der Waals surface area (Å²) in [7, 11) is 0. The Morgan fingerprint density at radius 2 is 1.54 bits per heavy atom. The third-order valence-electron chi connectivity index (χ3n) is 3.92. The first-order valence-corrected chi connectivity index (χ1v) is 8.80. The van der Waals surface area contributed by atoms with Crippen molar-refractivity contribution in [3.05, 3.63) is 71.8 Å². The van der Waals surface area contributed by atoms with Gasteiger partial charge in [0.15, 0.2) is 0 Å². The Kier molecular flexibility index (Phi) is 8.48. The van der Waals surface area contributed by atoms with Crippen molar-refractivity contribution in [2.75, 3.05) is 6.54 Å². The molecule has 0 aliphatic rings. The molecule has 0 radical (unpaired) electrons. The van der Waals surface area contributed by atoms with Gasteiger partial charge in [0, 0.05) is 13.0 Å². The maximum Gasteiger partial charge on any atom is 0.408 e. The van der Waals surface area contributed by atoms with E-state index >= 15 is 0 Å². The number of hydrogen-bond donors (Lipinski definition) is 4. The van der Waals surface area contributed by atoms with Crippen LogP contribution in [0.15, 0.2) is 60.7 Å². The molecule has 0 heterocycles. The minimum absolute atomic E-state index is 0.0313. The van der Waals surface area contributed by atoms with E-state index in [1.807, 2.05) is 48.5 Å². The molecule has 0 unspecified atom stereocenters. The fourth-order valence-corrected chi connectivity index (χ4v) is 2.40. The summed E-state index contributed by atoms with van der Waals surface area (Å²) in [5, 5.41) is 13.7. The van der Waals surface area contributed by atoms with Crippen LogP contribution in [0, 0.1) is 0 Å². The van der Waals surface area contributed by atoms with Gasteiger partial charge in [-0.05, 0) is 17.5 Å². The lowest BCUT2D eigenvalue weighted by Gasteiger charge is -2.17. The van der Waals surface area contributed by atoms with Crippen molar-refractivity contribution >= 4 is 17.9 Å². The molecule has 0 saturated carbocycles. The predicted molar refractivity (Wildman–Crippen MR) is 101 cm³/mol. The predicted octanol–water partition coefficient (Wildman–Crippen LogP) is 1.54. The molecule has 8 nitrogen and oxygen atoms in total. The van der Waals surface area contributed by atoms with Gasteiger partial charge in [-0.3, -0.25) is 14.8 Å². The van der Waals surface area contributed by atoms with Crippen molar-refractivity contribution in [1.82, 2.24) is 16.1 Å². The summed E-state index contributed by atoms with van der Waals surface area (Å²) in [4.78, 5) is 35.6. The van der Waals surface area contributed by atoms with Crippen LogP contribution in [0.3, 0.4) is 0 Å². The number of ether oxygens (including phenoxy) is 1. The molecule has 3 amide bonds. The van der Waals surface area contributed by atoms with Crippen LogP contribution in [0.5, 0.6) is 0 Å². The van der Waals surface area contributed by atoms with Gasteiger partial charge in [-0.2, -0.15) is 0 Å². The van der Waals surface area contributed by atoms with Crippen molar-refractivity contribution in [3.63, 3.8) is 0 Å². The summed E-state index contributed by atoms with van der Waals surface area (Å²) in [5.41, 5.74) is 3.27. The summed E-state index contributed by atoms with van der Waals surface area (Å²) in [5.74, 6) is -1.14. The smallest absolute Gasteiger partial charge is 0.408 e. The highest BCUT2D eigenvalue weighted by Gasteiger charge is 2.22. The first kappa shape index (κ1) is 20.9. The largest absolute Gasteiger partial charge is 0.445 e. The van der Waals surface area contributed by atoms with E-state index in [1.165, 1.54) is 5.48 Å². The molecule has 2 aromatic rings. The van der Waals surface area contributed by atoms with E-state index in [1.54, 1.807) is 12.1 Å². The van der Waals surface area contributed by atoms with Crippen molar-refractivity contribution in [2.45, 2.75) is 25.5 Å². The van der Waals surface area contributed by atoms with Gasteiger partial charge in [0.2, 0.25) is 5.91 Å². The number of amides is 3. The number of benzene rings is 2. The quantitative estimate of drug-likeness (QED) is 0.386. The average Bonchev–Trinajstić information content (AvgIpc) is 2.74. The van der Waals surface area contributed by atoms with Gasteiger partial charge in [0.25, 0.3) is 5.91 Å². The molecule has 0 fully saturated rings. The van der Waals surface area contributed by atoms with Gasteiger partial charge >= 0.3 is 6.09 Å². The zero-order valence-corrected chi connectivity index (χ0v) is 15.3. The van der Waals surface area contributed by atoms with Crippen LogP contribution in [-0.2, 0) is 27.4 Å². The highest BCUT2D eigenvalue weighted by Crippen LogP contribution is 2.03. The first-order chi connectivity index (χ1) is 13.6. The second-order valence-corrected chi connectivity index (χ2v) is 6.02. The molecule has 148 valence electrons. The molecule has 8 heteroatoms. The summed E-state index contributed by atoms with van der Waals surface area (Å²) in [6.45, 7) is -0.149. The van der Waals surface area contributed by atoms with Crippen LogP contribution in [0.25, 0.3) is 0 Å². The topological polar surface area (TPSA) is 117 Å². The van der Waals surface area contributed by atoms with E-state index in [0.29, 0.717) is 6.42 Å². The molecule has 0 aromatic heterocycles. The monoisotopic (exact) mass is 385 g/mol. The van der Waals surface area contributed by atoms with Crippen LogP contribution in [0.2, 0.25) is 0 Å². The lowest BCUT2D eigenvalue weighted by molar-refractivity contribution is -0.131. The zero-order valence-electron chi connectivity index (χ0n) is 15.3. The SMILES string of the molecule is O=C(CCc1ccccc1)NC[C@H](NC(=O)OCc1ccccc1)C(=O)NO. The maximum absolute atomic E-state index is 12.0. The Labute approximate surface area is 162 Å². The highest BCUT2D eigenvalue weighted by atomic mass is 16.5. The molecule has 2 rings (SSSR count). The van der Waals surface area contributed by atoms with Crippen LogP contribution in [0.1, 0.15) is 17.5 Å². The average molecular weight is 385 g/mol. The van der Waals surface area contributed by atoms with Crippen LogP contribution in [-0.4, -0.2) is 35.7 Å². The molecule has 28 heavy (non-hydrogen) atoms. The van der Waals surface area contributed by atoms with Crippen LogP contribution < -0.4 is 16.1 Å². The number of aryl methyl sites for hydroxylation is 1. The summed E-state index contributed by atoms with van der Waals surface area (Å²) < 4.78 is 5.04. The van der Waals surface area contributed by atoms with Gasteiger partial charge in [-0.25, -0.2) is 10.3 Å². The van der Waals surface area contributed by atoms with Crippen LogP contribution >= 0.6 is 0 Å².